The topological polar surface area (TPSA) is 57.8 Å². The van der Waals surface area contributed by atoms with Gasteiger partial charge in [0.05, 0.1) is 0 Å². The van der Waals surface area contributed by atoms with Gasteiger partial charge in [0.25, 0.3) is 5.56 Å². The third-order valence-corrected chi connectivity index (χ3v) is 3.84. The highest BCUT2D eigenvalue weighted by Crippen LogP contribution is 2.34. The summed E-state index contributed by atoms with van der Waals surface area (Å²) >= 11 is 0. The van der Waals surface area contributed by atoms with E-state index in [-0.39, 0.29) is 5.56 Å². The Morgan fingerprint density at radius 3 is 2.69 bits per heavy atom. The van der Waals surface area contributed by atoms with Crippen LogP contribution in [0.4, 0.5) is 0 Å². The molecule has 1 unspecified atom stereocenters. The summed E-state index contributed by atoms with van der Waals surface area (Å²) < 4.78 is 0. The average Bonchev–Trinajstić information content (AvgIpc) is 2.71. The van der Waals surface area contributed by atoms with E-state index >= 15 is 0 Å². The molecular formula is C12H17N3O. The molecule has 2 aliphatic rings. The summed E-state index contributed by atoms with van der Waals surface area (Å²) in [6, 6.07) is 0. The molecule has 2 heterocycles. The second-order valence-corrected chi connectivity index (χ2v) is 4.87. The standard InChI is InChI=1S/C12H17N3O/c16-12-10(8-2-1-3-8)7-14-11(15-12)9-4-5-13-6-9/h7-9,13H,1-6H2,(H,14,15,16). The fourth-order valence-electron chi connectivity index (χ4n) is 2.52. The lowest BCUT2D eigenvalue weighted by Crippen LogP contribution is -2.24. The number of aromatic amines is 1. The van der Waals surface area contributed by atoms with Crippen LogP contribution in [-0.4, -0.2) is 23.1 Å². The zero-order valence-electron chi connectivity index (χ0n) is 9.33. The quantitative estimate of drug-likeness (QED) is 0.783. The predicted molar refractivity (Wildman–Crippen MR) is 61.7 cm³/mol. The van der Waals surface area contributed by atoms with Gasteiger partial charge in [-0.3, -0.25) is 4.79 Å². The van der Waals surface area contributed by atoms with Crippen LogP contribution in [0, 0.1) is 0 Å². The van der Waals surface area contributed by atoms with Crippen molar-refractivity contribution in [1.29, 1.82) is 0 Å². The molecule has 0 bridgehead atoms. The Balaban J connectivity index is 1.86. The molecule has 0 amide bonds. The predicted octanol–water partition coefficient (Wildman–Crippen LogP) is 1.11. The molecule has 16 heavy (non-hydrogen) atoms. The normalized spacial score (nSPS) is 25.6. The number of nitrogens with zero attached hydrogens (tertiary/aromatic N) is 1. The summed E-state index contributed by atoms with van der Waals surface area (Å²) in [7, 11) is 0. The van der Waals surface area contributed by atoms with Gasteiger partial charge in [0.1, 0.15) is 5.82 Å². The van der Waals surface area contributed by atoms with Crippen LogP contribution < -0.4 is 10.9 Å². The molecule has 1 atom stereocenters. The number of H-pyrrole nitrogens is 1. The molecule has 1 aliphatic heterocycles. The van der Waals surface area contributed by atoms with E-state index in [9.17, 15) is 4.79 Å². The number of aromatic nitrogens is 2. The summed E-state index contributed by atoms with van der Waals surface area (Å²) in [5.74, 6) is 1.72. The van der Waals surface area contributed by atoms with Crippen LogP contribution in [0.15, 0.2) is 11.0 Å². The van der Waals surface area contributed by atoms with Gasteiger partial charge in [0, 0.05) is 24.2 Å². The maximum atomic E-state index is 11.9. The van der Waals surface area contributed by atoms with Crippen LogP contribution in [-0.2, 0) is 0 Å². The van der Waals surface area contributed by atoms with Crippen molar-refractivity contribution in [3.8, 4) is 0 Å². The van der Waals surface area contributed by atoms with E-state index in [1.54, 1.807) is 6.20 Å². The largest absolute Gasteiger partial charge is 0.316 e. The van der Waals surface area contributed by atoms with E-state index in [1.807, 2.05) is 0 Å². The Labute approximate surface area is 94.5 Å². The van der Waals surface area contributed by atoms with Gasteiger partial charge in [-0.15, -0.1) is 0 Å². The highest BCUT2D eigenvalue weighted by molar-refractivity contribution is 5.16. The van der Waals surface area contributed by atoms with Gasteiger partial charge in [-0.2, -0.15) is 0 Å². The van der Waals surface area contributed by atoms with E-state index in [2.05, 4.69) is 15.3 Å². The highest BCUT2D eigenvalue weighted by Gasteiger charge is 2.24. The fourth-order valence-corrected chi connectivity index (χ4v) is 2.52. The molecule has 1 aliphatic carbocycles. The molecule has 1 saturated carbocycles. The first-order valence-corrected chi connectivity index (χ1v) is 6.14. The van der Waals surface area contributed by atoms with Crippen molar-refractivity contribution in [2.75, 3.05) is 13.1 Å². The number of hydrogen-bond donors (Lipinski definition) is 2. The van der Waals surface area contributed by atoms with Crippen LogP contribution in [0.5, 0.6) is 0 Å². The first-order valence-electron chi connectivity index (χ1n) is 6.14. The third-order valence-electron chi connectivity index (χ3n) is 3.84. The maximum absolute atomic E-state index is 11.9. The summed E-state index contributed by atoms with van der Waals surface area (Å²) in [6.07, 6.45) is 6.42. The van der Waals surface area contributed by atoms with Gasteiger partial charge >= 0.3 is 0 Å². The first-order chi connectivity index (χ1) is 7.84. The van der Waals surface area contributed by atoms with Gasteiger partial charge in [-0.1, -0.05) is 6.42 Å². The van der Waals surface area contributed by atoms with E-state index in [0.29, 0.717) is 11.8 Å². The minimum absolute atomic E-state index is 0.0848. The van der Waals surface area contributed by atoms with E-state index < -0.39 is 0 Å². The molecule has 0 aromatic carbocycles. The Bertz CT molecular complexity index is 430. The summed E-state index contributed by atoms with van der Waals surface area (Å²) in [6.45, 7) is 1.96. The average molecular weight is 219 g/mol. The molecule has 0 radical (unpaired) electrons. The Hall–Kier alpha value is -1.16. The van der Waals surface area contributed by atoms with Crippen molar-refractivity contribution in [1.82, 2.24) is 15.3 Å². The maximum Gasteiger partial charge on any atom is 0.254 e. The summed E-state index contributed by atoms with van der Waals surface area (Å²) in [5.41, 5.74) is 0.975. The monoisotopic (exact) mass is 219 g/mol. The molecule has 4 heteroatoms. The Morgan fingerprint density at radius 2 is 2.12 bits per heavy atom. The second kappa shape index (κ2) is 4.01. The lowest BCUT2D eigenvalue weighted by atomic mass is 9.81. The summed E-state index contributed by atoms with van der Waals surface area (Å²) in [5, 5.41) is 3.29. The number of hydrogen-bond acceptors (Lipinski definition) is 3. The van der Waals surface area contributed by atoms with Crippen LogP contribution in [0.1, 0.15) is 48.9 Å². The van der Waals surface area contributed by atoms with E-state index in [0.717, 1.165) is 43.7 Å². The zero-order valence-corrected chi connectivity index (χ0v) is 9.33. The fraction of sp³-hybridized carbons (Fsp3) is 0.667. The first kappa shape index (κ1) is 10.0. The van der Waals surface area contributed by atoms with Gasteiger partial charge in [-0.25, -0.2) is 4.98 Å². The van der Waals surface area contributed by atoms with Crippen molar-refractivity contribution in [3.05, 3.63) is 27.9 Å². The highest BCUT2D eigenvalue weighted by atomic mass is 16.1. The van der Waals surface area contributed by atoms with Gasteiger partial charge in [0.15, 0.2) is 0 Å². The molecule has 86 valence electrons. The smallest absolute Gasteiger partial charge is 0.254 e. The van der Waals surface area contributed by atoms with Crippen LogP contribution in [0.2, 0.25) is 0 Å². The molecule has 2 fully saturated rings. The number of rotatable bonds is 2. The molecule has 1 aromatic rings. The van der Waals surface area contributed by atoms with Gasteiger partial charge < -0.3 is 10.3 Å². The molecule has 0 spiro atoms. The van der Waals surface area contributed by atoms with E-state index in [4.69, 9.17) is 0 Å². The van der Waals surface area contributed by atoms with Crippen molar-refractivity contribution in [2.24, 2.45) is 0 Å². The second-order valence-electron chi connectivity index (χ2n) is 4.87. The van der Waals surface area contributed by atoms with Crippen molar-refractivity contribution in [2.45, 2.75) is 37.5 Å². The molecular weight excluding hydrogens is 202 g/mol. The van der Waals surface area contributed by atoms with Crippen molar-refractivity contribution in [3.63, 3.8) is 0 Å². The zero-order chi connectivity index (χ0) is 11.0. The minimum atomic E-state index is 0.0848. The molecule has 3 rings (SSSR count). The Kier molecular flexibility index (Phi) is 2.52. The van der Waals surface area contributed by atoms with Crippen LogP contribution in [0.3, 0.4) is 0 Å². The SMILES string of the molecule is O=c1[nH]c(C2CCNC2)ncc1C1CCC1. The van der Waals surface area contributed by atoms with Crippen molar-refractivity contribution >= 4 is 0 Å². The van der Waals surface area contributed by atoms with Crippen molar-refractivity contribution < 1.29 is 0 Å². The molecule has 1 saturated heterocycles. The minimum Gasteiger partial charge on any atom is -0.316 e. The van der Waals surface area contributed by atoms with E-state index in [1.165, 1.54) is 6.42 Å². The van der Waals surface area contributed by atoms with Crippen LogP contribution in [0.25, 0.3) is 0 Å². The third kappa shape index (κ3) is 1.67. The Morgan fingerprint density at radius 1 is 1.25 bits per heavy atom. The molecule has 2 N–H and O–H groups in total. The molecule has 1 aromatic heterocycles. The summed E-state index contributed by atoms with van der Waals surface area (Å²) in [4.78, 5) is 19.3. The van der Waals surface area contributed by atoms with Gasteiger partial charge in [-0.05, 0) is 31.7 Å². The van der Waals surface area contributed by atoms with Crippen LogP contribution >= 0.6 is 0 Å². The molecule has 4 nitrogen and oxygen atoms in total. The number of nitrogens with one attached hydrogen (secondary N) is 2. The lowest BCUT2D eigenvalue weighted by Gasteiger charge is -2.24. The van der Waals surface area contributed by atoms with Gasteiger partial charge in [0.2, 0.25) is 0 Å². The lowest BCUT2D eigenvalue weighted by molar-refractivity contribution is 0.414.